The molecule has 0 unspecified atom stereocenters. The Kier molecular flexibility index (Phi) is 5.52. The molecule has 0 bridgehead atoms. The van der Waals surface area contributed by atoms with Gasteiger partial charge in [-0.1, -0.05) is 0 Å². The summed E-state index contributed by atoms with van der Waals surface area (Å²) in [5, 5.41) is 13.7. The van der Waals surface area contributed by atoms with Crippen LogP contribution in [0.3, 0.4) is 0 Å². The van der Waals surface area contributed by atoms with Crippen LogP contribution in [0.4, 0.5) is 11.4 Å². The zero-order chi connectivity index (χ0) is 18.5. The lowest BCUT2D eigenvalue weighted by Crippen LogP contribution is -3.15. The van der Waals surface area contributed by atoms with Crippen molar-refractivity contribution in [2.24, 2.45) is 0 Å². The van der Waals surface area contributed by atoms with Gasteiger partial charge < -0.3 is 19.5 Å². The van der Waals surface area contributed by atoms with E-state index >= 15 is 0 Å². The van der Waals surface area contributed by atoms with E-state index in [9.17, 15) is 14.9 Å². The second-order valence-corrected chi connectivity index (χ2v) is 6.49. The molecule has 1 aromatic carbocycles. The molecule has 1 fully saturated rings. The standard InChI is InChI=1S/C18H22N4O4/c1-14(17-3-2-12-26-17)19-18(23)13-20-8-10-21(11-9-20)15-4-6-16(7-5-15)22(24)25/h2-7,12,14H,8-11,13H2,1H3,(H,19,23)/p+1/t14-/m1/s1. The largest absolute Gasteiger partial charge is 0.467 e. The Bertz CT molecular complexity index is 737. The van der Waals surface area contributed by atoms with Crippen LogP contribution in [0.15, 0.2) is 47.1 Å². The van der Waals surface area contributed by atoms with E-state index in [1.54, 1.807) is 24.5 Å². The Morgan fingerprint density at radius 3 is 2.58 bits per heavy atom. The summed E-state index contributed by atoms with van der Waals surface area (Å²) in [6.07, 6.45) is 1.60. The maximum atomic E-state index is 12.2. The number of nitro benzene ring substituents is 1. The van der Waals surface area contributed by atoms with Crippen molar-refractivity contribution in [2.75, 3.05) is 37.6 Å². The van der Waals surface area contributed by atoms with Crippen molar-refractivity contribution in [3.8, 4) is 0 Å². The number of nitro groups is 1. The van der Waals surface area contributed by atoms with Crippen LogP contribution in [0.5, 0.6) is 0 Å². The molecule has 26 heavy (non-hydrogen) atoms. The fourth-order valence-corrected chi connectivity index (χ4v) is 3.17. The maximum absolute atomic E-state index is 12.2. The maximum Gasteiger partial charge on any atom is 0.275 e. The summed E-state index contributed by atoms with van der Waals surface area (Å²) in [5.41, 5.74) is 1.07. The van der Waals surface area contributed by atoms with Crippen molar-refractivity contribution in [1.82, 2.24) is 5.32 Å². The molecule has 1 saturated heterocycles. The highest BCUT2D eigenvalue weighted by Crippen LogP contribution is 2.19. The summed E-state index contributed by atoms with van der Waals surface area (Å²) in [4.78, 5) is 26.0. The number of carbonyl (C=O) groups excluding carboxylic acids is 1. The molecule has 3 rings (SSSR count). The highest BCUT2D eigenvalue weighted by molar-refractivity contribution is 5.77. The fraction of sp³-hybridized carbons (Fsp3) is 0.389. The number of rotatable bonds is 6. The minimum atomic E-state index is -0.395. The zero-order valence-electron chi connectivity index (χ0n) is 14.7. The molecule has 0 radical (unpaired) electrons. The lowest BCUT2D eigenvalue weighted by atomic mass is 10.2. The Hall–Kier alpha value is -2.87. The van der Waals surface area contributed by atoms with Gasteiger partial charge in [-0.3, -0.25) is 14.9 Å². The SMILES string of the molecule is C[C@@H](NC(=O)C[NH+]1CCN(c2ccc([N+](=O)[O-])cc2)CC1)c1ccco1. The van der Waals surface area contributed by atoms with Crippen LogP contribution in [-0.2, 0) is 4.79 Å². The average Bonchev–Trinajstić information content (AvgIpc) is 3.17. The van der Waals surface area contributed by atoms with Gasteiger partial charge >= 0.3 is 0 Å². The third-order valence-electron chi connectivity index (χ3n) is 4.65. The molecule has 1 amide bonds. The molecule has 8 heteroatoms. The molecule has 138 valence electrons. The van der Waals surface area contributed by atoms with Gasteiger partial charge in [0.05, 0.1) is 43.4 Å². The molecule has 8 nitrogen and oxygen atoms in total. The number of benzene rings is 1. The smallest absolute Gasteiger partial charge is 0.275 e. The van der Waals surface area contributed by atoms with E-state index in [0.29, 0.717) is 6.54 Å². The molecule has 2 N–H and O–H groups in total. The monoisotopic (exact) mass is 359 g/mol. The lowest BCUT2D eigenvalue weighted by Gasteiger charge is -2.33. The first-order valence-electron chi connectivity index (χ1n) is 8.68. The highest BCUT2D eigenvalue weighted by atomic mass is 16.6. The summed E-state index contributed by atoms with van der Waals surface area (Å²) >= 11 is 0. The molecule has 0 aliphatic carbocycles. The molecular weight excluding hydrogens is 336 g/mol. The van der Waals surface area contributed by atoms with E-state index in [1.165, 1.54) is 17.0 Å². The van der Waals surface area contributed by atoms with Crippen molar-refractivity contribution in [1.29, 1.82) is 0 Å². The fourth-order valence-electron chi connectivity index (χ4n) is 3.17. The third kappa shape index (κ3) is 4.40. The van der Waals surface area contributed by atoms with Crippen LogP contribution in [0.1, 0.15) is 18.7 Å². The van der Waals surface area contributed by atoms with Crippen LogP contribution in [-0.4, -0.2) is 43.6 Å². The number of nitrogens with one attached hydrogen (secondary N) is 2. The number of carbonyl (C=O) groups is 1. The number of non-ortho nitro benzene ring substituents is 1. The Morgan fingerprint density at radius 1 is 1.31 bits per heavy atom. The summed E-state index contributed by atoms with van der Waals surface area (Å²) in [5.74, 6) is 0.754. The van der Waals surface area contributed by atoms with Gasteiger partial charge in [-0.25, -0.2) is 0 Å². The first kappa shape index (κ1) is 17.9. The van der Waals surface area contributed by atoms with Crippen molar-refractivity contribution in [3.05, 3.63) is 58.5 Å². The molecule has 1 aromatic heterocycles. The minimum Gasteiger partial charge on any atom is -0.467 e. The Morgan fingerprint density at radius 2 is 2.00 bits per heavy atom. The number of nitrogens with zero attached hydrogens (tertiary/aromatic N) is 2. The van der Waals surface area contributed by atoms with Gasteiger partial charge in [0.25, 0.3) is 11.6 Å². The van der Waals surface area contributed by atoms with E-state index in [-0.39, 0.29) is 17.6 Å². The van der Waals surface area contributed by atoms with Crippen LogP contribution in [0, 0.1) is 10.1 Å². The minimum absolute atomic E-state index is 0.00712. The van der Waals surface area contributed by atoms with Crippen molar-refractivity contribution < 1.29 is 19.0 Å². The topological polar surface area (TPSA) is 93.1 Å². The number of hydrogen-bond acceptors (Lipinski definition) is 5. The molecule has 0 saturated carbocycles. The summed E-state index contributed by atoms with van der Waals surface area (Å²) in [6, 6.07) is 10.1. The van der Waals surface area contributed by atoms with Gasteiger partial charge in [0.15, 0.2) is 6.54 Å². The normalized spacial score (nSPS) is 16.3. The second-order valence-electron chi connectivity index (χ2n) is 6.49. The highest BCUT2D eigenvalue weighted by Gasteiger charge is 2.23. The van der Waals surface area contributed by atoms with Crippen molar-refractivity contribution in [3.63, 3.8) is 0 Å². The summed E-state index contributed by atoms with van der Waals surface area (Å²) in [6.45, 7) is 5.65. The van der Waals surface area contributed by atoms with Gasteiger partial charge in [0.1, 0.15) is 5.76 Å². The van der Waals surface area contributed by atoms with Gasteiger partial charge in [-0.15, -0.1) is 0 Å². The van der Waals surface area contributed by atoms with Gasteiger partial charge in [-0.2, -0.15) is 0 Å². The van der Waals surface area contributed by atoms with Crippen LogP contribution in [0.2, 0.25) is 0 Å². The molecule has 2 heterocycles. The first-order valence-corrected chi connectivity index (χ1v) is 8.68. The molecule has 0 spiro atoms. The average molecular weight is 359 g/mol. The van der Waals surface area contributed by atoms with E-state index in [0.717, 1.165) is 37.6 Å². The van der Waals surface area contributed by atoms with Crippen LogP contribution in [0.25, 0.3) is 0 Å². The number of amides is 1. The molecule has 1 aliphatic heterocycles. The number of furan rings is 1. The van der Waals surface area contributed by atoms with Crippen molar-refractivity contribution >= 4 is 17.3 Å². The molecule has 1 atom stereocenters. The van der Waals surface area contributed by atoms with Crippen molar-refractivity contribution in [2.45, 2.75) is 13.0 Å². The van der Waals surface area contributed by atoms with Crippen LogP contribution >= 0.6 is 0 Å². The second kappa shape index (κ2) is 8.01. The van der Waals surface area contributed by atoms with E-state index in [4.69, 9.17) is 4.42 Å². The molecule has 1 aliphatic rings. The van der Waals surface area contributed by atoms with E-state index in [2.05, 4.69) is 10.2 Å². The van der Waals surface area contributed by atoms with Crippen LogP contribution < -0.4 is 15.1 Å². The molecular formula is C18H23N4O4+. The number of piperazine rings is 1. The Labute approximate surface area is 151 Å². The lowest BCUT2D eigenvalue weighted by molar-refractivity contribution is -0.892. The number of anilines is 1. The van der Waals surface area contributed by atoms with E-state index in [1.807, 2.05) is 13.0 Å². The van der Waals surface area contributed by atoms with Gasteiger partial charge in [0.2, 0.25) is 0 Å². The molecule has 2 aromatic rings. The number of quaternary nitrogens is 1. The van der Waals surface area contributed by atoms with Gasteiger partial charge in [0, 0.05) is 17.8 Å². The summed E-state index contributed by atoms with van der Waals surface area (Å²) in [7, 11) is 0. The van der Waals surface area contributed by atoms with E-state index < -0.39 is 4.92 Å². The first-order chi connectivity index (χ1) is 12.5. The predicted molar refractivity (Wildman–Crippen MR) is 96.1 cm³/mol. The predicted octanol–water partition coefficient (Wildman–Crippen LogP) is 0.770. The zero-order valence-corrected chi connectivity index (χ0v) is 14.7. The Balaban J connectivity index is 1.46. The summed E-state index contributed by atoms with van der Waals surface area (Å²) < 4.78 is 5.30. The third-order valence-corrected chi connectivity index (χ3v) is 4.65. The van der Waals surface area contributed by atoms with Gasteiger partial charge in [-0.05, 0) is 31.2 Å². The number of hydrogen-bond donors (Lipinski definition) is 2. The quantitative estimate of drug-likeness (QED) is 0.587.